The average Bonchev–Trinajstić information content (AvgIpc) is 3.90. The van der Waals surface area contributed by atoms with Gasteiger partial charge in [0.25, 0.3) is 0 Å². The molecule has 0 saturated heterocycles. The van der Waals surface area contributed by atoms with Gasteiger partial charge in [-0.05, 0) is 99.6 Å². The van der Waals surface area contributed by atoms with Crippen molar-refractivity contribution >= 4 is 60.8 Å². The van der Waals surface area contributed by atoms with Crippen LogP contribution < -0.4 is 4.90 Å². The molecule has 2 aromatic heterocycles. The molecule has 12 rings (SSSR count). The van der Waals surface area contributed by atoms with Gasteiger partial charge < -0.3 is 13.9 Å². The van der Waals surface area contributed by atoms with E-state index in [9.17, 15) is 0 Å². The third kappa shape index (κ3) is 6.29. The molecule has 0 aliphatic carbocycles. The molecule has 0 atom stereocenters. The molecule has 0 N–H and O–H groups in total. The van der Waals surface area contributed by atoms with Gasteiger partial charge in [0.15, 0.2) is 0 Å². The predicted octanol–water partition coefficient (Wildman–Crippen LogP) is 16.8. The smallest absolute Gasteiger partial charge is 0.137 e. The third-order valence-electron chi connectivity index (χ3n) is 12.4. The summed E-state index contributed by atoms with van der Waals surface area (Å²) in [6, 6.07) is 87.1. The number of para-hydroxylation sites is 4. The molecule has 10 aromatic carbocycles. The first-order chi connectivity index (χ1) is 31.3. The molecule has 63 heavy (non-hydrogen) atoms. The summed E-state index contributed by atoms with van der Waals surface area (Å²) in [5.41, 5.74) is 17.8. The van der Waals surface area contributed by atoms with E-state index in [-0.39, 0.29) is 0 Å². The van der Waals surface area contributed by atoms with Gasteiger partial charge in [0.2, 0.25) is 0 Å². The largest absolute Gasteiger partial charge is 0.456 e. The summed E-state index contributed by atoms with van der Waals surface area (Å²) < 4.78 is 8.86. The Bertz CT molecular complexity index is 3560. The summed E-state index contributed by atoms with van der Waals surface area (Å²) in [4.78, 5) is 2.37. The van der Waals surface area contributed by atoms with Crippen molar-refractivity contribution in [3.05, 3.63) is 243 Å². The van der Waals surface area contributed by atoms with E-state index in [4.69, 9.17) is 4.42 Å². The van der Waals surface area contributed by atoms with Crippen LogP contribution in [0.5, 0.6) is 0 Å². The van der Waals surface area contributed by atoms with Gasteiger partial charge >= 0.3 is 0 Å². The minimum Gasteiger partial charge on any atom is -0.456 e. The highest BCUT2D eigenvalue weighted by Gasteiger charge is 2.21. The fourth-order valence-corrected chi connectivity index (χ4v) is 9.52. The number of hydrogen-bond donors (Lipinski definition) is 0. The van der Waals surface area contributed by atoms with E-state index in [1.165, 1.54) is 44.1 Å². The van der Waals surface area contributed by atoms with Crippen molar-refractivity contribution < 1.29 is 4.42 Å². The topological polar surface area (TPSA) is 21.3 Å². The molecule has 296 valence electrons. The minimum atomic E-state index is 0.855. The fraction of sp³-hybridized carbons (Fsp3) is 0. The summed E-state index contributed by atoms with van der Waals surface area (Å²) in [5.74, 6) is 0. The van der Waals surface area contributed by atoms with Crippen molar-refractivity contribution in [2.75, 3.05) is 4.90 Å². The van der Waals surface area contributed by atoms with E-state index in [2.05, 4.69) is 240 Å². The maximum atomic E-state index is 6.49. The lowest BCUT2D eigenvalue weighted by Gasteiger charge is -2.28. The first-order valence-electron chi connectivity index (χ1n) is 21.5. The van der Waals surface area contributed by atoms with E-state index < -0.39 is 0 Å². The van der Waals surface area contributed by atoms with Crippen LogP contribution in [0.2, 0.25) is 0 Å². The molecule has 0 aliphatic heterocycles. The molecule has 0 unspecified atom stereocenters. The molecule has 0 radical (unpaired) electrons. The van der Waals surface area contributed by atoms with Gasteiger partial charge in [0.1, 0.15) is 11.2 Å². The lowest BCUT2D eigenvalue weighted by molar-refractivity contribution is 0.669. The van der Waals surface area contributed by atoms with E-state index >= 15 is 0 Å². The third-order valence-corrected chi connectivity index (χ3v) is 12.4. The molecule has 3 nitrogen and oxygen atoms in total. The Labute approximate surface area is 366 Å². The molecule has 2 heterocycles. The van der Waals surface area contributed by atoms with E-state index in [1.54, 1.807) is 0 Å². The monoisotopic (exact) mass is 804 g/mol. The lowest BCUT2D eigenvalue weighted by atomic mass is 9.88. The van der Waals surface area contributed by atoms with Crippen LogP contribution in [0.1, 0.15) is 0 Å². The van der Waals surface area contributed by atoms with Crippen LogP contribution in [0.15, 0.2) is 247 Å². The van der Waals surface area contributed by atoms with Gasteiger partial charge in [-0.2, -0.15) is 0 Å². The molecule has 0 bridgehead atoms. The van der Waals surface area contributed by atoms with Crippen molar-refractivity contribution in [1.29, 1.82) is 0 Å². The second kappa shape index (κ2) is 15.3. The van der Waals surface area contributed by atoms with Crippen LogP contribution in [0.4, 0.5) is 17.1 Å². The van der Waals surface area contributed by atoms with E-state index in [0.29, 0.717) is 0 Å². The Hall–Kier alpha value is -8.40. The molecule has 0 aliphatic rings. The number of rotatable bonds is 8. The summed E-state index contributed by atoms with van der Waals surface area (Å²) in [6.07, 6.45) is 0. The van der Waals surface area contributed by atoms with Crippen molar-refractivity contribution in [1.82, 2.24) is 4.57 Å². The number of anilines is 3. The van der Waals surface area contributed by atoms with E-state index in [1.807, 2.05) is 12.1 Å². The quantitative estimate of drug-likeness (QED) is 0.153. The molecular formula is C60H40N2O. The van der Waals surface area contributed by atoms with Gasteiger partial charge in [0, 0.05) is 50.2 Å². The first kappa shape index (κ1) is 36.5. The molecule has 0 saturated carbocycles. The Kier molecular flexibility index (Phi) is 8.83. The standard InChI is InChI=1S/C60H40N2O/c1-2-16-43(17-3-1)47-18-4-5-19-48(47)49-20-6-7-21-50(49)51-22-8-12-26-56(51)61(46-38-39-55-54-25-11-15-29-59(54)63-60(55)40-46)44-34-30-41(31-35-44)42-32-36-45(37-33-42)62-57-27-13-9-23-52(57)53-24-10-14-28-58(53)62/h1-40H. The summed E-state index contributed by atoms with van der Waals surface area (Å²) >= 11 is 0. The Balaban J connectivity index is 0.978. The van der Waals surface area contributed by atoms with Crippen LogP contribution in [0.3, 0.4) is 0 Å². The number of nitrogens with zero attached hydrogens (tertiary/aromatic N) is 2. The Morgan fingerprint density at radius 3 is 1.46 bits per heavy atom. The zero-order valence-electron chi connectivity index (χ0n) is 34.4. The van der Waals surface area contributed by atoms with Crippen molar-refractivity contribution in [2.45, 2.75) is 0 Å². The number of aromatic nitrogens is 1. The van der Waals surface area contributed by atoms with Gasteiger partial charge in [0.05, 0.1) is 16.7 Å². The van der Waals surface area contributed by atoms with Crippen LogP contribution >= 0.6 is 0 Å². The van der Waals surface area contributed by atoms with Crippen molar-refractivity contribution in [3.63, 3.8) is 0 Å². The average molecular weight is 805 g/mol. The summed E-state index contributed by atoms with van der Waals surface area (Å²) in [6.45, 7) is 0. The second-order valence-corrected chi connectivity index (χ2v) is 16.1. The Morgan fingerprint density at radius 1 is 0.302 bits per heavy atom. The van der Waals surface area contributed by atoms with Crippen LogP contribution in [-0.2, 0) is 0 Å². The predicted molar refractivity (Wildman–Crippen MR) is 264 cm³/mol. The van der Waals surface area contributed by atoms with Crippen LogP contribution in [0, 0.1) is 0 Å². The maximum absolute atomic E-state index is 6.49. The first-order valence-corrected chi connectivity index (χ1v) is 21.5. The fourth-order valence-electron chi connectivity index (χ4n) is 9.52. The maximum Gasteiger partial charge on any atom is 0.137 e. The molecule has 0 fully saturated rings. The normalized spacial score (nSPS) is 11.5. The van der Waals surface area contributed by atoms with Gasteiger partial charge in [-0.15, -0.1) is 0 Å². The van der Waals surface area contributed by atoms with Crippen molar-refractivity contribution in [2.24, 2.45) is 0 Å². The molecule has 0 amide bonds. The van der Waals surface area contributed by atoms with Gasteiger partial charge in [-0.3, -0.25) is 0 Å². The van der Waals surface area contributed by atoms with Crippen LogP contribution in [0.25, 0.3) is 93.9 Å². The molecule has 3 heteroatoms. The second-order valence-electron chi connectivity index (χ2n) is 16.1. The van der Waals surface area contributed by atoms with Gasteiger partial charge in [-0.1, -0.05) is 176 Å². The zero-order chi connectivity index (χ0) is 41.7. The van der Waals surface area contributed by atoms with Gasteiger partial charge in [-0.25, -0.2) is 0 Å². The van der Waals surface area contributed by atoms with E-state index in [0.717, 1.165) is 66.9 Å². The molecular weight excluding hydrogens is 765 g/mol. The highest BCUT2D eigenvalue weighted by atomic mass is 16.3. The SMILES string of the molecule is c1ccc(-c2ccccc2-c2ccccc2-c2ccccc2N(c2ccc(-c3ccc(-n4c5ccccc5c5ccccc54)cc3)cc2)c2ccc3c(c2)oc2ccccc23)cc1. The molecule has 12 aromatic rings. The Morgan fingerprint density at radius 2 is 0.778 bits per heavy atom. The minimum absolute atomic E-state index is 0.855. The number of fused-ring (bicyclic) bond motifs is 6. The lowest BCUT2D eigenvalue weighted by Crippen LogP contribution is -2.11. The summed E-state index contributed by atoms with van der Waals surface area (Å²) in [5, 5.41) is 4.74. The highest BCUT2D eigenvalue weighted by Crippen LogP contribution is 2.46. The highest BCUT2D eigenvalue weighted by molar-refractivity contribution is 6.09. The molecule has 0 spiro atoms. The zero-order valence-corrected chi connectivity index (χ0v) is 34.4. The van der Waals surface area contributed by atoms with Crippen LogP contribution in [-0.4, -0.2) is 4.57 Å². The number of furan rings is 1. The van der Waals surface area contributed by atoms with Crippen molar-refractivity contribution in [3.8, 4) is 50.2 Å². The number of benzene rings is 10. The number of hydrogen-bond acceptors (Lipinski definition) is 2. The summed E-state index contributed by atoms with van der Waals surface area (Å²) in [7, 11) is 0.